The zero-order chi connectivity index (χ0) is 11.9. The second-order valence-corrected chi connectivity index (χ2v) is 3.83. The lowest BCUT2D eigenvalue weighted by molar-refractivity contribution is 0.194. The van der Waals surface area contributed by atoms with Crippen LogP contribution >= 0.6 is 0 Å². The Hall–Kier alpha value is -0.610. The summed E-state index contributed by atoms with van der Waals surface area (Å²) in [5, 5.41) is 6.30. The monoisotopic (exact) mass is 229 g/mol. The van der Waals surface area contributed by atoms with Crippen molar-refractivity contribution < 1.29 is 4.74 Å². The van der Waals surface area contributed by atoms with Gasteiger partial charge < -0.3 is 15.4 Å². The highest BCUT2D eigenvalue weighted by Gasteiger charge is 1.90. The Labute approximate surface area is 99.9 Å². The topological polar surface area (TPSA) is 45.7 Å². The summed E-state index contributed by atoms with van der Waals surface area (Å²) in [6.07, 6.45) is 7.91. The van der Waals surface area contributed by atoms with Crippen LogP contribution in [0.1, 0.15) is 32.1 Å². The second-order valence-electron chi connectivity index (χ2n) is 3.83. The highest BCUT2D eigenvalue weighted by Crippen LogP contribution is 1.98. The van der Waals surface area contributed by atoms with Gasteiger partial charge in [0.25, 0.3) is 0 Å². The van der Waals surface area contributed by atoms with E-state index in [2.05, 4.69) is 15.6 Å². The van der Waals surface area contributed by atoms with Crippen LogP contribution in [0.15, 0.2) is 4.99 Å². The molecule has 0 aliphatic rings. The van der Waals surface area contributed by atoms with Gasteiger partial charge in [-0.05, 0) is 32.4 Å². The summed E-state index contributed by atoms with van der Waals surface area (Å²) in [6, 6.07) is 0. The lowest BCUT2D eigenvalue weighted by Crippen LogP contribution is -2.17. The van der Waals surface area contributed by atoms with E-state index in [4.69, 9.17) is 4.74 Å². The summed E-state index contributed by atoms with van der Waals surface area (Å²) < 4.78 is 4.98. The van der Waals surface area contributed by atoms with Crippen LogP contribution in [0, 0.1) is 0 Å². The van der Waals surface area contributed by atoms with Crippen LogP contribution in [0.5, 0.6) is 0 Å². The Kier molecular flexibility index (Phi) is 13.8. The Bertz CT molecular complexity index is 151. The van der Waals surface area contributed by atoms with Gasteiger partial charge in [0.1, 0.15) is 0 Å². The number of methoxy groups -OCH3 is 1. The zero-order valence-electron chi connectivity index (χ0n) is 10.8. The van der Waals surface area contributed by atoms with E-state index in [9.17, 15) is 0 Å². The molecule has 0 atom stereocenters. The van der Waals surface area contributed by atoms with Crippen molar-refractivity contribution in [1.82, 2.24) is 10.6 Å². The van der Waals surface area contributed by atoms with E-state index in [1.54, 1.807) is 13.4 Å². The van der Waals surface area contributed by atoms with Crippen molar-refractivity contribution in [2.24, 2.45) is 4.99 Å². The molecule has 96 valence electrons. The van der Waals surface area contributed by atoms with Crippen LogP contribution in [-0.2, 0) is 4.74 Å². The Morgan fingerprint density at radius 3 is 2.56 bits per heavy atom. The summed E-state index contributed by atoms with van der Waals surface area (Å²) >= 11 is 0. The zero-order valence-corrected chi connectivity index (χ0v) is 10.8. The molecule has 0 heterocycles. The third-order valence-electron chi connectivity index (χ3n) is 2.31. The summed E-state index contributed by atoms with van der Waals surface area (Å²) in [5.41, 5.74) is 0. The molecule has 4 nitrogen and oxygen atoms in total. The van der Waals surface area contributed by atoms with Crippen LogP contribution in [0.2, 0.25) is 0 Å². The van der Waals surface area contributed by atoms with Gasteiger partial charge in [-0.25, -0.2) is 0 Å². The van der Waals surface area contributed by atoms with Crippen molar-refractivity contribution in [3.63, 3.8) is 0 Å². The number of rotatable bonds is 12. The average Bonchev–Trinajstić information content (AvgIpc) is 2.31. The fraction of sp³-hybridized carbons (Fsp3) is 0.917. The lowest BCUT2D eigenvalue weighted by atomic mass is 10.2. The van der Waals surface area contributed by atoms with Crippen LogP contribution in [-0.4, -0.2) is 46.7 Å². The van der Waals surface area contributed by atoms with Gasteiger partial charge in [-0.2, -0.15) is 0 Å². The quantitative estimate of drug-likeness (QED) is 0.302. The van der Waals surface area contributed by atoms with Gasteiger partial charge in [0, 0.05) is 27.3 Å². The molecule has 0 spiro atoms. The fourth-order valence-corrected chi connectivity index (χ4v) is 1.43. The maximum absolute atomic E-state index is 4.98. The standard InChI is InChI=1S/C12H27N3O/c1-13-12-15-9-6-4-3-5-8-14-10-7-11-16-2/h12,14H,3-11H2,1-2H3,(H,13,15). The van der Waals surface area contributed by atoms with Gasteiger partial charge in [0.05, 0.1) is 6.34 Å². The molecular formula is C12H27N3O. The molecule has 0 saturated heterocycles. The van der Waals surface area contributed by atoms with Gasteiger partial charge in [0.15, 0.2) is 0 Å². The first-order valence-corrected chi connectivity index (χ1v) is 6.27. The minimum atomic E-state index is 0.858. The Morgan fingerprint density at radius 2 is 1.81 bits per heavy atom. The molecule has 0 aliphatic carbocycles. The first-order valence-electron chi connectivity index (χ1n) is 6.27. The number of nitrogens with zero attached hydrogens (tertiary/aromatic N) is 1. The molecule has 4 heteroatoms. The maximum atomic E-state index is 4.98. The van der Waals surface area contributed by atoms with Crippen molar-refractivity contribution in [2.75, 3.05) is 40.4 Å². The molecule has 0 aromatic carbocycles. The van der Waals surface area contributed by atoms with Gasteiger partial charge in [-0.3, -0.25) is 4.99 Å². The minimum absolute atomic E-state index is 0.858. The number of nitrogens with one attached hydrogen (secondary N) is 2. The summed E-state index contributed by atoms with van der Waals surface area (Å²) in [7, 11) is 3.62. The highest BCUT2D eigenvalue weighted by molar-refractivity contribution is 5.53. The summed E-state index contributed by atoms with van der Waals surface area (Å²) in [6.45, 7) is 4.00. The van der Waals surface area contributed by atoms with Gasteiger partial charge in [0.2, 0.25) is 0 Å². The Morgan fingerprint density at radius 1 is 1.06 bits per heavy atom. The van der Waals surface area contributed by atoms with Crippen molar-refractivity contribution in [3.05, 3.63) is 0 Å². The molecule has 16 heavy (non-hydrogen) atoms. The first-order chi connectivity index (χ1) is 7.91. The number of unbranched alkanes of at least 4 members (excludes halogenated alkanes) is 3. The SMILES string of the molecule is CN/C=N/CCCCCCNCCCOC. The third kappa shape index (κ3) is 13.4. The van der Waals surface area contributed by atoms with Crippen molar-refractivity contribution in [3.8, 4) is 0 Å². The molecule has 0 fully saturated rings. The van der Waals surface area contributed by atoms with E-state index in [-0.39, 0.29) is 0 Å². The molecule has 0 aliphatic heterocycles. The Balaban J connectivity index is 2.90. The largest absolute Gasteiger partial charge is 0.385 e. The third-order valence-corrected chi connectivity index (χ3v) is 2.31. The molecule has 0 rings (SSSR count). The van der Waals surface area contributed by atoms with Crippen LogP contribution in [0.25, 0.3) is 0 Å². The average molecular weight is 229 g/mol. The molecular weight excluding hydrogens is 202 g/mol. The fourth-order valence-electron chi connectivity index (χ4n) is 1.43. The van der Waals surface area contributed by atoms with E-state index in [0.29, 0.717) is 0 Å². The van der Waals surface area contributed by atoms with Crippen LogP contribution < -0.4 is 10.6 Å². The molecule has 0 unspecified atom stereocenters. The van der Waals surface area contributed by atoms with E-state index >= 15 is 0 Å². The summed E-state index contributed by atoms with van der Waals surface area (Å²) in [4.78, 5) is 4.19. The molecule has 0 amide bonds. The van der Waals surface area contributed by atoms with E-state index in [1.807, 2.05) is 7.05 Å². The maximum Gasteiger partial charge on any atom is 0.0821 e. The normalized spacial score (nSPS) is 11.1. The first kappa shape index (κ1) is 15.4. The van der Waals surface area contributed by atoms with Crippen molar-refractivity contribution in [1.29, 1.82) is 0 Å². The predicted molar refractivity (Wildman–Crippen MR) is 70.2 cm³/mol. The second kappa shape index (κ2) is 14.4. The molecule has 0 saturated carbocycles. The molecule has 2 N–H and O–H groups in total. The predicted octanol–water partition coefficient (Wildman–Crippen LogP) is 1.42. The van der Waals surface area contributed by atoms with E-state index in [0.717, 1.165) is 32.7 Å². The number of hydrogen-bond acceptors (Lipinski definition) is 3. The number of hydrogen-bond donors (Lipinski definition) is 2. The van der Waals surface area contributed by atoms with Crippen LogP contribution in [0.4, 0.5) is 0 Å². The number of aliphatic imine (C=N–C) groups is 1. The molecule has 0 aromatic rings. The van der Waals surface area contributed by atoms with Crippen molar-refractivity contribution in [2.45, 2.75) is 32.1 Å². The summed E-state index contributed by atoms with van der Waals surface area (Å²) in [5.74, 6) is 0. The minimum Gasteiger partial charge on any atom is -0.385 e. The van der Waals surface area contributed by atoms with Gasteiger partial charge in [-0.1, -0.05) is 12.8 Å². The van der Waals surface area contributed by atoms with Crippen LogP contribution in [0.3, 0.4) is 0 Å². The molecule has 0 aromatic heterocycles. The van der Waals surface area contributed by atoms with Gasteiger partial charge in [-0.15, -0.1) is 0 Å². The van der Waals surface area contributed by atoms with E-state index < -0.39 is 0 Å². The van der Waals surface area contributed by atoms with Gasteiger partial charge >= 0.3 is 0 Å². The smallest absolute Gasteiger partial charge is 0.0821 e. The molecule has 0 bridgehead atoms. The highest BCUT2D eigenvalue weighted by atomic mass is 16.5. The molecule has 0 radical (unpaired) electrons. The lowest BCUT2D eigenvalue weighted by Gasteiger charge is -2.03. The van der Waals surface area contributed by atoms with Crippen molar-refractivity contribution >= 4 is 6.34 Å². The number of ether oxygens (including phenoxy) is 1. The van der Waals surface area contributed by atoms with E-state index in [1.165, 1.54) is 25.7 Å².